The van der Waals surface area contributed by atoms with Crippen molar-refractivity contribution in [3.05, 3.63) is 53.1 Å². The van der Waals surface area contributed by atoms with Gasteiger partial charge in [-0.05, 0) is 43.2 Å². The number of rotatable bonds is 2. The molecule has 0 aromatic heterocycles. The van der Waals surface area contributed by atoms with Gasteiger partial charge in [0.05, 0.1) is 22.6 Å². The molecular formula is C15H15N3. The third-order valence-corrected chi connectivity index (χ3v) is 2.86. The highest BCUT2D eigenvalue weighted by atomic mass is 14.9. The van der Waals surface area contributed by atoms with Crippen molar-refractivity contribution in [2.45, 2.75) is 13.8 Å². The molecule has 0 saturated heterocycles. The number of aryl methyl sites for hydroxylation is 2. The smallest absolute Gasteiger partial charge is 0.102 e. The second kappa shape index (κ2) is 4.80. The Morgan fingerprint density at radius 3 is 2.61 bits per heavy atom. The zero-order valence-corrected chi connectivity index (χ0v) is 10.5. The zero-order valence-electron chi connectivity index (χ0n) is 10.5. The fraction of sp³-hybridized carbons (Fsp3) is 0.133. The molecule has 3 nitrogen and oxygen atoms in total. The summed E-state index contributed by atoms with van der Waals surface area (Å²) in [5.41, 5.74) is 10.9. The van der Waals surface area contributed by atoms with Crippen LogP contribution < -0.4 is 11.1 Å². The molecule has 0 aliphatic rings. The van der Waals surface area contributed by atoms with Gasteiger partial charge < -0.3 is 11.1 Å². The highest BCUT2D eigenvalue weighted by molar-refractivity contribution is 5.76. The molecule has 2 rings (SSSR count). The van der Waals surface area contributed by atoms with E-state index < -0.39 is 0 Å². The molecule has 0 heterocycles. The molecule has 3 N–H and O–H groups in total. The molecule has 90 valence electrons. The lowest BCUT2D eigenvalue weighted by molar-refractivity contribution is 1.37. The summed E-state index contributed by atoms with van der Waals surface area (Å²) < 4.78 is 0. The van der Waals surface area contributed by atoms with Gasteiger partial charge in [-0.3, -0.25) is 0 Å². The van der Waals surface area contributed by atoms with Gasteiger partial charge in [-0.1, -0.05) is 18.2 Å². The lowest BCUT2D eigenvalue weighted by Gasteiger charge is -2.12. The number of hydrogen-bond acceptors (Lipinski definition) is 3. The average Bonchev–Trinajstić information content (AvgIpc) is 2.34. The first-order valence-corrected chi connectivity index (χ1v) is 5.74. The largest absolute Gasteiger partial charge is 0.397 e. The molecule has 3 heteroatoms. The number of benzene rings is 2. The van der Waals surface area contributed by atoms with E-state index in [4.69, 9.17) is 5.73 Å². The van der Waals surface area contributed by atoms with Crippen LogP contribution in [-0.2, 0) is 0 Å². The normalized spacial score (nSPS) is 9.83. The van der Waals surface area contributed by atoms with E-state index >= 15 is 0 Å². The van der Waals surface area contributed by atoms with Crippen LogP contribution in [0.5, 0.6) is 0 Å². The fourth-order valence-electron chi connectivity index (χ4n) is 1.84. The molecule has 0 aliphatic heterocycles. The lowest BCUT2D eigenvalue weighted by Crippen LogP contribution is -1.99. The molecule has 2 aromatic rings. The number of nitrogens with zero attached hydrogens (tertiary/aromatic N) is 1. The Labute approximate surface area is 107 Å². The van der Waals surface area contributed by atoms with Crippen molar-refractivity contribution >= 4 is 17.1 Å². The van der Waals surface area contributed by atoms with Crippen LogP contribution in [0.25, 0.3) is 0 Å². The van der Waals surface area contributed by atoms with Crippen molar-refractivity contribution < 1.29 is 0 Å². The summed E-state index contributed by atoms with van der Waals surface area (Å²) in [7, 11) is 0. The molecule has 0 unspecified atom stereocenters. The molecule has 0 bridgehead atoms. The predicted octanol–water partition coefficient (Wildman–Crippen LogP) is 3.50. The van der Waals surface area contributed by atoms with E-state index in [0.717, 1.165) is 22.5 Å². The SMILES string of the molecule is Cc1ccc(N)c(Nc2cccc(C)c2C#N)c1. The zero-order chi connectivity index (χ0) is 13.1. The highest BCUT2D eigenvalue weighted by Gasteiger charge is 2.06. The Balaban J connectivity index is 2.44. The van der Waals surface area contributed by atoms with E-state index in [0.29, 0.717) is 11.3 Å². The Morgan fingerprint density at radius 2 is 1.89 bits per heavy atom. The molecule has 18 heavy (non-hydrogen) atoms. The third-order valence-electron chi connectivity index (χ3n) is 2.86. The lowest BCUT2D eigenvalue weighted by atomic mass is 10.1. The summed E-state index contributed by atoms with van der Waals surface area (Å²) in [5, 5.41) is 12.4. The summed E-state index contributed by atoms with van der Waals surface area (Å²) in [6, 6.07) is 13.7. The maximum atomic E-state index is 9.18. The quantitative estimate of drug-likeness (QED) is 0.786. The molecule has 0 atom stereocenters. The van der Waals surface area contributed by atoms with Crippen LogP contribution in [0.4, 0.5) is 17.1 Å². The third kappa shape index (κ3) is 2.28. The molecule has 0 saturated carbocycles. The summed E-state index contributed by atoms with van der Waals surface area (Å²) in [6.07, 6.45) is 0. The van der Waals surface area contributed by atoms with Crippen molar-refractivity contribution in [1.82, 2.24) is 0 Å². The summed E-state index contributed by atoms with van der Waals surface area (Å²) in [5.74, 6) is 0. The minimum absolute atomic E-state index is 0.651. The Bertz CT molecular complexity index is 624. The topological polar surface area (TPSA) is 61.8 Å². The average molecular weight is 237 g/mol. The van der Waals surface area contributed by atoms with Crippen molar-refractivity contribution in [2.75, 3.05) is 11.1 Å². The summed E-state index contributed by atoms with van der Waals surface area (Å²) in [4.78, 5) is 0. The molecule has 0 radical (unpaired) electrons. The first-order valence-electron chi connectivity index (χ1n) is 5.74. The van der Waals surface area contributed by atoms with E-state index in [-0.39, 0.29) is 0 Å². The number of anilines is 3. The van der Waals surface area contributed by atoms with Crippen molar-refractivity contribution in [3.8, 4) is 6.07 Å². The van der Waals surface area contributed by atoms with E-state index in [9.17, 15) is 5.26 Å². The van der Waals surface area contributed by atoms with Gasteiger partial charge in [0.2, 0.25) is 0 Å². The highest BCUT2D eigenvalue weighted by Crippen LogP contribution is 2.27. The monoisotopic (exact) mass is 237 g/mol. The summed E-state index contributed by atoms with van der Waals surface area (Å²) >= 11 is 0. The molecule has 0 fully saturated rings. The van der Waals surface area contributed by atoms with Crippen LogP contribution in [0.3, 0.4) is 0 Å². The maximum Gasteiger partial charge on any atom is 0.102 e. The molecule has 0 amide bonds. The van der Waals surface area contributed by atoms with Crippen molar-refractivity contribution in [3.63, 3.8) is 0 Å². The van der Waals surface area contributed by atoms with Crippen molar-refractivity contribution in [1.29, 1.82) is 5.26 Å². The van der Waals surface area contributed by atoms with Crippen LogP contribution in [-0.4, -0.2) is 0 Å². The van der Waals surface area contributed by atoms with E-state index in [1.165, 1.54) is 0 Å². The minimum Gasteiger partial charge on any atom is -0.397 e. The number of hydrogen-bond donors (Lipinski definition) is 2. The predicted molar refractivity (Wildman–Crippen MR) is 74.8 cm³/mol. The Hall–Kier alpha value is -2.47. The van der Waals surface area contributed by atoms with Crippen LogP contribution in [0.2, 0.25) is 0 Å². The number of nitrogen functional groups attached to an aromatic ring is 1. The van der Waals surface area contributed by atoms with Crippen LogP contribution in [0.1, 0.15) is 16.7 Å². The molecule has 2 aromatic carbocycles. The van der Waals surface area contributed by atoms with E-state index in [1.54, 1.807) is 0 Å². The van der Waals surface area contributed by atoms with Gasteiger partial charge >= 0.3 is 0 Å². The summed E-state index contributed by atoms with van der Waals surface area (Å²) in [6.45, 7) is 3.93. The first-order chi connectivity index (χ1) is 8.61. The van der Waals surface area contributed by atoms with Gasteiger partial charge in [0, 0.05) is 0 Å². The first kappa shape index (κ1) is 12.0. The van der Waals surface area contributed by atoms with Crippen molar-refractivity contribution in [2.24, 2.45) is 0 Å². The van der Waals surface area contributed by atoms with Gasteiger partial charge in [-0.15, -0.1) is 0 Å². The van der Waals surface area contributed by atoms with Gasteiger partial charge in [0.15, 0.2) is 0 Å². The number of nitrogens with one attached hydrogen (secondary N) is 1. The van der Waals surface area contributed by atoms with Crippen LogP contribution in [0.15, 0.2) is 36.4 Å². The Kier molecular flexibility index (Phi) is 3.20. The van der Waals surface area contributed by atoms with E-state index in [2.05, 4.69) is 11.4 Å². The second-order valence-corrected chi connectivity index (χ2v) is 4.32. The van der Waals surface area contributed by atoms with E-state index in [1.807, 2.05) is 50.2 Å². The number of nitriles is 1. The van der Waals surface area contributed by atoms with Gasteiger partial charge in [0.1, 0.15) is 6.07 Å². The number of nitrogens with two attached hydrogens (primary N) is 1. The van der Waals surface area contributed by atoms with Crippen LogP contribution >= 0.6 is 0 Å². The Morgan fingerprint density at radius 1 is 1.11 bits per heavy atom. The van der Waals surface area contributed by atoms with Gasteiger partial charge in [-0.25, -0.2) is 0 Å². The second-order valence-electron chi connectivity index (χ2n) is 4.32. The van der Waals surface area contributed by atoms with Gasteiger partial charge in [0.25, 0.3) is 0 Å². The molecular weight excluding hydrogens is 222 g/mol. The van der Waals surface area contributed by atoms with Crippen LogP contribution in [0, 0.1) is 25.2 Å². The van der Waals surface area contributed by atoms with Gasteiger partial charge in [-0.2, -0.15) is 5.26 Å². The molecule has 0 aliphatic carbocycles. The maximum absolute atomic E-state index is 9.18. The minimum atomic E-state index is 0.651. The molecule has 0 spiro atoms. The fourth-order valence-corrected chi connectivity index (χ4v) is 1.84. The standard InChI is InChI=1S/C15H15N3/c1-10-6-7-13(17)15(8-10)18-14-5-3-4-11(2)12(14)9-16/h3-8,18H,17H2,1-2H3.